The summed E-state index contributed by atoms with van der Waals surface area (Å²) in [6.07, 6.45) is 0.280. The van der Waals surface area contributed by atoms with Gasteiger partial charge in [-0.25, -0.2) is 4.98 Å². The van der Waals surface area contributed by atoms with E-state index < -0.39 is 0 Å². The lowest BCUT2D eigenvalue weighted by Crippen LogP contribution is -2.12. The number of ether oxygens (including phenoxy) is 1. The van der Waals surface area contributed by atoms with Crippen LogP contribution in [-0.2, 0) is 4.79 Å². The van der Waals surface area contributed by atoms with Crippen LogP contribution < -0.4 is 10.1 Å². The number of carbonyl (C=O) groups excluding carboxylic acids is 1. The number of pyridine rings is 1. The number of nitrogens with zero attached hydrogens (tertiary/aromatic N) is 4. The van der Waals surface area contributed by atoms with E-state index in [4.69, 9.17) is 4.74 Å². The van der Waals surface area contributed by atoms with Gasteiger partial charge in [-0.1, -0.05) is 11.3 Å². The molecule has 0 fully saturated rings. The minimum Gasteiger partial charge on any atom is -0.497 e. The Hall–Kier alpha value is -2.96. The van der Waals surface area contributed by atoms with E-state index in [0.29, 0.717) is 21.5 Å². The maximum atomic E-state index is 12.0. The van der Waals surface area contributed by atoms with E-state index in [0.717, 1.165) is 22.0 Å². The average Bonchev–Trinajstić information content (AvgIpc) is 3.12. The number of benzene rings is 1. The predicted octanol–water partition coefficient (Wildman–Crippen LogP) is 3.91. The topological polar surface area (TPSA) is 101 Å². The zero-order chi connectivity index (χ0) is 19.9. The van der Waals surface area contributed by atoms with Gasteiger partial charge in [0, 0.05) is 17.7 Å². The first-order valence-corrected chi connectivity index (χ1v) is 10.2. The smallest absolute Gasteiger partial charge is 0.227 e. The van der Waals surface area contributed by atoms with Gasteiger partial charge in [0.15, 0.2) is 0 Å². The third-order valence-electron chi connectivity index (χ3n) is 3.71. The van der Waals surface area contributed by atoms with Crippen LogP contribution in [0.15, 0.2) is 41.4 Å². The Morgan fingerprint density at radius 2 is 2.04 bits per heavy atom. The number of nitriles is 1. The van der Waals surface area contributed by atoms with Gasteiger partial charge in [0.2, 0.25) is 11.0 Å². The molecule has 0 saturated heterocycles. The van der Waals surface area contributed by atoms with Crippen molar-refractivity contribution in [2.24, 2.45) is 0 Å². The Bertz CT molecular complexity index is 1010. The van der Waals surface area contributed by atoms with Crippen molar-refractivity contribution in [2.75, 3.05) is 18.2 Å². The highest BCUT2D eigenvalue weighted by molar-refractivity contribution is 7.99. The minimum absolute atomic E-state index is 0.145. The molecule has 1 N–H and O–H groups in total. The Balaban J connectivity index is 1.65. The Morgan fingerprint density at radius 1 is 1.25 bits per heavy atom. The fourth-order valence-corrected chi connectivity index (χ4v) is 3.85. The second-order valence-corrected chi connectivity index (χ2v) is 7.93. The van der Waals surface area contributed by atoms with Crippen molar-refractivity contribution in [3.05, 3.63) is 47.0 Å². The molecule has 0 atom stereocenters. The van der Waals surface area contributed by atoms with Gasteiger partial charge in [0.25, 0.3) is 0 Å². The van der Waals surface area contributed by atoms with Crippen LogP contribution in [0.4, 0.5) is 5.13 Å². The molecule has 9 heteroatoms. The second-order valence-electron chi connectivity index (χ2n) is 5.66. The van der Waals surface area contributed by atoms with Gasteiger partial charge in [-0.2, -0.15) is 5.26 Å². The second kappa shape index (κ2) is 9.30. The molecule has 0 spiro atoms. The van der Waals surface area contributed by atoms with Gasteiger partial charge in [0.1, 0.15) is 21.9 Å². The van der Waals surface area contributed by atoms with E-state index in [-0.39, 0.29) is 12.3 Å². The number of aryl methyl sites for hydroxylation is 1. The van der Waals surface area contributed by atoms with E-state index in [1.54, 1.807) is 13.2 Å². The number of rotatable bonds is 7. The molecular weight excluding hydrogens is 394 g/mol. The molecule has 0 unspecified atom stereocenters. The summed E-state index contributed by atoms with van der Waals surface area (Å²) < 4.78 is 5.17. The first-order valence-electron chi connectivity index (χ1n) is 8.37. The molecule has 0 bridgehead atoms. The molecule has 3 aromatic rings. The average molecular weight is 412 g/mol. The third-order valence-corrected chi connectivity index (χ3v) is 5.45. The Labute approximate surface area is 170 Å². The van der Waals surface area contributed by atoms with Gasteiger partial charge >= 0.3 is 0 Å². The number of carbonyl (C=O) groups is 1. The zero-order valence-electron chi connectivity index (χ0n) is 15.3. The summed E-state index contributed by atoms with van der Waals surface area (Å²) in [6.45, 7) is 1.83. The molecule has 0 radical (unpaired) electrons. The summed E-state index contributed by atoms with van der Waals surface area (Å²) in [4.78, 5) is 16.6. The first kappa shape index (κ1) is 19.8. The number of amides is 1. The molecule has 3 rings (SSSR count). The number of aromatic nitrogens is 3. The van der Waals surface area contributed by atoms with Crippen LogP contribution in [0, 0.1) is 18.3 Å². The molecule has 28 heavy (non-hydrogen) atoms. The van der Waals surface area contributed by atoms with E-state index in [1.165, 1.54) is 23.1 Å². The Kier molecular flexibility index (Phi) is 6.57. The lowest BCUT2D eigenvalue weighted by atomic mass is 10.1. The van der Waals surface area contributed by atoms with E-state index in [1.807, 2.05) is 37.3 Å². The summed E-state index contributed by atoms with van der Waals surface area (Å²) in [6, 6.07) is 13.3. The largest absolute Gasteiger partial charge is 0.497 e. The monoisotopic (exact) mass is 411 g/mol. The van der Waals surface area contributed by atoms with Crippen molar-refractivity contribution < 1.29 is 9.53 Å². The third kappa shape index (κ3) is 5.06. The summed E-state index contributed by atoms with van der Waals surface area (Å²) in [5.74, 6) is 1.12. The van der Waals surface area contributed by atoms with E-state index in [2.05, 4.69) is 26.6 Å². The van der Waals surface area contributed by atoms with Gasteiger partial charge in [-0.3, -0.25) is 4.79 Å². The van der Waals surface area contributed by atoms with Crippen LogP contribution in [0.1, 0.15) is 17.0 Å². The quantitative estimate of drug-likeness (QED) is 0.588. The number of nitrogens with one attached hydrogen (secondary N) is 1. The van der Waals surface area contributed by atoms with Crippen molar-refractivity contribution >= 4 is 34.1 Å². The predicted molar refractivity (Wildman–Crippen MR) is 110 cm³/mol. The van der Waals surface area contributed by atoms with Crippen molar-refractivity contribution in [2.45, 2.75) is 18.4 Å². The molecular formula is C19H17N5O2S2. The maximum Gasteiger partial charge on any atom is 0.227 e. The highest BCUT2D eigenvalue weighted by Crippen LogP contribution is 2.27. The van der Waals surface area contributed by atoms with Crippen molar-refractivity contribution in [3.8, 4) is 23.1 Å². The molecule has 0 aliphatic rings. The minimum atomic E-state index is -0.145. The fraction of sp³-hybridized carbons (Fsp3) is 0.211. The van der Waals surface area contributed by atoms with Crippen LogP contribution in [-0.4, -0.2) is 34.0 Å². The molecule has 0 saturated carbocycles. The number of hydrogen-bond acceptors (Lipinski definition) is 8. The number of methoxy groups -OCH3 is 1. The molecule has 2 heterocycles. The standard InChI is InChI=1S/C19H17N5O2S2/c1-12-23-24-19(28-12)22-17(25)9-10-27-18-14(11-20)5-8-16(21-18)13-3-6-15(26-2)7-4-13/h3-8H,9-10H2,1-2H3,(H,22,24,25). The van der Waals surface area contributed by atoms with Crippen molar-refractivity contribution in [1.29, 1.82) is 5.26 Å². The number of anilines is 1. The SMILES string of the molecule is COc1ccc(-c2ccc(C#N)c(SCCC(=O)Nc3nnc(C)s3)n2)cc1. The molecule has 2 aromatic heterocycles. The Morgan fingerprint density at radius 3 is 2.68 bits per heavy atom. The first-order chi connectivity index (χ1) is 13.6. The highest BCUT2D eigenvalue weighted by Gasteiger charge is 2.11. The molecule has 0 aliphatic carbocycles. The van der Waals surface area contributed by atoms with Gasteiger partial charge < -0.3 is 10.1 Å². The molecule has 1 amide bonds. The van der Waals surface area contributed by atoms with Crippen molar-refractivity contribution in [3.63, 3.8) is 0 Å². The van der Waals surface area contributed by atoms with Gasteiger partial charge in [-0.15, -0.1) is 22.0 Å². The normalized spacial score (nSPS) is 10.3. The van der Waals surface area contributed by atoms with E-state index >= 15 is 0 Å². The molecule has 1 aromatic carbocycles. The van der Waals surface area contributed by atoms with Crippen molar-refractivity contribution in [1.82, 2.24) is 15.2 Å². The lowest BCUT2D eigenvalue weighted by Gasteiger charge is -2.07. The lowest BCUT2D eigenvalue weighted by molar-refractivity contribution is -0.115. The molecule has 7 nitrogen and oxygen atoms in total. The van der Waals surface area contributed by atoms with Gasteiger partial charge in [0.05, 0.1) is 18.4 Å². The van der Waals surface area contributed by atoms with Crippen LogP contribution >= 0.6 is 23.1 Å². The number of thioether (sulfide) groups is 1. The van der Waals surface area contributed by atoms with Crippen LogP contribution in [0.3, 0.4) is 0 Å². The van der Waals surface area contributed by atoms with Crippen LogP contribution in [0.25, 0.3) is 11.3 Å². The zero-order valence-corrected chi connectivity index (χ0v) is 16.9. The van der Waals surface area contributed by atoms with Crippen LogP contribution in [0.2, 0.25) is 0 Å². The summed E-state index contributed by atoms with van der Waals surface area (Å²) in [7, 11) is 1.62. The molecule has 142 valence electrons. The summed E-state index contributed by atoms with van der Waals surface area (Å²) >= 11 is 2.71. The fourth-order valence-electron chi connectivity index (χ4n) is 2.33. The highest BCUT2D eigenvalue weighted by atomic mass is 32.2. The van der Waals surface area contributed by atoms with Gasteiger partial charge in [-0.05, 0) is 43.3 Å². The number of hydrogen-bond donors (Lipinski definition) is 1. The maximum absolute atomic E-state index is 12.0. The van der Waals surface area contributed by atoms with E-state index in [9.17, 15) is 10.1 Å². The molecule has 0 aliphatic heterocycles. The summed E-state index contributed by atoms with van der Waals surface area (Å²) in [5.41, 5.74) is 2.18. The van der Waals surface area contributed by atoms with Crippen LogP contribution in [0.5, 0.6) is 5.75 Å². The summed E-state index contributed by atoms with van der Waals surface area (Å²) in [5, 5.41) is 21.7.